The number of amides is 1. The zero-order valence-electron chi connectivity index (χ0n) is 10.6. The van der Waals surface area contributed by atoms with Gasteiger partial charge in [0.2, 0.25) is 0 Å². The maximum Gasteiger partial charge on any atom is 0.427 e. The number of hydrogen-bond donors (Lipinski definition) is 1. The highest BCUT2D eigenvalue weighted by Gasteiger charge is 2.33. The quantitative estimate of drug-likeness (QED) is 0.862. The molecule has 1 amide bonds. The average Bonchev–Trinajstić information content (AvgIpc) is 2.86. The first-order valence-electron chi connectivity index (χ1n) is 5.66. The molecule has 0 saturated carbocycles. The summed E-state index contributed by atoms with van der Waals surface area (Å²) in [6.07, 6.45) is -3.84. The lowest BCUT2D eigenvalue weighted by atomic mass is 10.3. The average molecular weight is 371 g/mol. The van der Waals surface area contributed by atoms with Gasteiger partial charge in [-0.05, 0) is 18.2 Å². The van der Waals surface area contributed by atoms with E-state index in [0.29, 0.717) is 22.6 Å². The van der Waals surface area contributed by atoms with Gasteiger partial charge in [0.15, 0.2) is 11.7 Å². The monoisotopic (exact) mass is 370 g/mol. The summed E-state index contributed by atoms with van der Waals surface area (Å²) in [5, 5.41) is 2.67. The molecule has 0 spiro atoms. The molecule has 0 radical (unpaired) electrons. The molecular formula is C12H7Cl2F3N2O2S. The van der Waals surface area contributed by atoms with Gasteiger partial charge >= 0.3 is 6.18 Å². The topological polar surface area (TPSA) is 51.2 Å². The normalized spacial score (nSPS) is 11.3. The van der Waals surface area contributed by atoms with Crippen molar-refractivity contribution in [1.29, 1.82) is 0 Å². The Bertz CT molecular complexity index is 691. The van der Waals surface area contributed by atoms with Gasteiger partial charge in [-0.2, -0.15) is 13.2 Å². The minimum absolute atomic E-state index is 0.164. The third kappa shape index (κ3) is 4.49. The van der Waals surface area contributed by atoms with E-state index in [9.17, 15) is 18.0 Å². The van der Waals surface area contributed by atoms with Crippen LogP contribution in [0.5, 0.6) is 5.75 Å². The van der Waals surface area contributed by atoms with E-state index in [1.165, 1.54) is 18.2 Å². The van der Waals surface area contributed by atoms with E-state index >= 15 is 0 Å². The zero-order chi connectivity index (χ0) is 16.3. The summed E-state index contributed by atoms with van der Waals surface area (Å²) >= 11 is 11.9. The molecule has 0 fully saturated rings. The molecule has 22 heavy (non-hydrogen) atoms. The molecule has 0 atom stereocenters. The summed E-state index contributed by atoms with van der Waals surface area (Å²) in [6, 6.07) is 4.44. The fraction of sp³-hybridized carbons (Fsp3) is 0.167. The van der Waals surface area contributed by atoms with Crippen LogP contribution in [0.25, 0.3) is 0 Å². The number of rotatable bonds is 4. The SMILES string of the molecule is O=C(COc1ccc(Cl)cc1Cl)Nc1ncc(C(F)(F)F)s1. The van der Waals surface area contributed by atoms with Crippen molar-refractivity contribution in [3.8, 4) is 5.75 Å². The molecular weight excluding hydrogens is 364 g/mol. The Morgan fingerprint density at radius 3 is 2.68 bits per heavy atom. The second-order valence-corrected chi connectivity index (χ2v) is 5.81. The minimum Gasteiger partial charge on any atom is -0.482 e. The van der Waals surface area contributed by atoms with Crippen LogP contribution in [0, 0.1) is 0 Å². The maximum atomic E-state index is 12.4. The second-order valence-electron chi connectivity index (χ2n) is 3.94. The number of benzene rings is 1. The van der Waals surface area contributed by atoms with E-state index in [2.05, 4.69) is 10.3 Å². The number of hydrogen-bond acceptors (Lipinski definition) is 4. The van der Waals surface area contributed by atoms with Gasteiger partial charge in [0.05, 0.1) is 11.2 Å². The lowest BCUT2D eigenvalue weighted by molar-refractivity contribution is -0.134. The van der Waals surface area contributed by atoms with Crippen molar-refractivity contribution in [2.24, 2.45) is 0 Å². The number of aromatic nitrogens is 1. The number of anilines is 1. The first kappa shape index (κ1) is 16.9. The van der Waals surface area contributed by atoms with Crippen molar-refractivity contribution >= 4 is 45.6 Å². The number of thiazole rings is 1. The number of ether oxygens (including phenoxy) is 1. The molecule has 1 aromatic heterocycles. The lowest BCUT2D eigenvalue weighted by Crippen LogP contribution is -2.20. The van der Waals surface area contributed by atoms with E-state index in [4.69, 9.17) is 27.9 Å². The first-order chi connectivity index (χ1) is 10.3. The predicted molar refractivity (Wildman–Crippen MR) is 77.7 cm³/mol. The van der Waals surface area contributed by atoms with Gasteiger partial charge in [-0.25, -0.2) is 4.98 Å². The van der Waals surface area contributed by atoms with Crippen LogP contribution in [0.1, 0.15) is 4.88 Å². The van der Waals surface area contributed by atoms with Crippen LogP contribution >= 0.6 is 34.5 Å². The van der Waals surface area contributed by atoms with E-state index in [0.717, 1.165) is 0 Å². The van der Waals surface area contributed by atoms with Crippen LogP contribution in [0.2, 0.25) is 10.0 Å². The van der Waals surface area contributed by atoms with Crippen LogP contribution in [-0.2, 0) is 11.0 Å². The lowest BCUT2D eigenvalue weighted by Gasteiger charge is -2.07. The van der Waals surface area contributed by atoms with Crippen LogP contribution in [0.3, 0.4) is 0 Å². The summed E-state index contributed by atoms with van der Waals surface area (Å²) in [5.41, 5.74) is 0. The molecule has 118 valence electrons. The van der Waals surface area contributed by atoms with Gasteiger partial charge in [0.25, 0.3) is 5.91 Å². The maximum absolute atomic E-state index is 12.4. The third-order valence-electron chi connectivity index (χ3n) is 2.28. The standard InChI is InChI=1S/C12H7Cl2F3N2O2S/c13-6-1-2-8(7(14)3-6)21-5-10(20)19-11-18-4-9(22-11)12(15,16)17/h1-4H,5H2,(H,18,19,20). The Kier molecular flexibility index (Phi) is 5.15. The Labute approximate surface area is 136 Å². The Balaban J connectivity index is 1.92. The van der Waals surface area contributed by atoms with E-state index in [1.54, 1.807) is 0 Å². The number of carbonyl (C=O) groups excluding carboxylic acids is 1. The van der Waals surface area contributed by atoms with Crippen molar-refractivity contribution in [3.05, 3.63) is 39.3 Å². The van der Waals surface area contributed by atoms with E-state index in [-0.39, 0.29) is 15.9 Å². The number of nitrogens with zero attached hydrogens (tertiary/aromatic N) is 1. The van der Waals surface area contributed by atoms with Gasteiger partial charge in [-0.1, -0.05) is 34.5 Å². The van der Waals surface area contributed by atoms with Gasteiger partial charge in [-0.15, -0.1) is 0 Å². The molecule has 1 N–H and O–H groups in total. The largest absolute Gasteiger partial charge is 0.482 e. The fourth-order valence-corrected chi connectivity index (χ4v) is 2.52. The molecule has 0 aliphatic carbocycles. The summed E-state index contributed by atoms with van der Waals surface area (Å²) < 4.78 is 42.3. The number of nitrogens with one attached hydrogen (secondary N) is 1. The van der Waals surface area contributed by atoms with E-state index < -0.39 is 23.6 Å². The third-order valence-corrected chi connectivity index (χ3v) is 3.77. The van der Waals surface area contributed by atoms with Crippen LogP contribution in [0.15, 0.2) is 24.4 Å². The fourth-order valence-electron chi connectivity index (χ4n) is 1.35. The Morgan fingerprint density at radius 2 is 2.09 bits per heavy atom. The molecule has 1 heterocycles. The highest BCUT2D eigenvalue weighted by atomic mass is 35.5. The van der Waals surface area contributed by atoms with Gasteiger partial charge in [0, 0.05) is 5.02 Å². The summed E-state index contributed by atoms with van der Waals surface area (Å²) in [5.74, 6) is -0.426. The molecule has 0 aliphatic heterocycles. The molecule has 4 nitrogen and oxygen atoms in total. The van der Waals surface area contributed by atoms with Gasteiger partial charge < -0.3 is 4.74 Å². The van der Waals surface area contributed by atoms with Crippen LogP contribution in [0.4, 0.5) is 18.3 Å². The van der Waals surface area contributed by atoms with Crippen LogP contribution < -0.4 is 10.1 Å². The minimum atomic E-state index is -4.49. The molecule has 0 saturated heterocycles. The van der Waals surface area contributed by atoms with Crippen LogP contribution in [-0.4, -0.2) is 17.5 Å². The summed E-state index contributed by atoms with van der Waals surface area (Å²) in [6.45, 7) is -0.428. The zero-order valence-corrected chi connectivity index (χ0v) is 12.9. The predicted octanol–water partition coefficient (Wildman–Crippen LogP) is 4.49. The smallest absolute Gasteiger partial charge is 0.427 e. The Morgan fingerprint density at radius 1 is 1.36 bits per heavy atom. The molecule has 0 bridgehead atoms. The van der Waals surface area contributed by atoms with Gasteiger partial charge in [-0.3, -0.25) is 10.1 Å². The van der Waals surface area contributed by atoms with Crippen molar-refractivity contribution in [3.63, 3.8) is 0 Å². The van der Waals surface area contributed by atoms with Crippen molar-refractivity contribution < 1.29 is 22.7 Å². The molecule has 0 aliphatic rings. The number of carbonyl (C=O) groups is 1. The second kappa shape index (κ2) is 6.72. The van der Waals surface area contributed by atoms with E-state index in [1.807, 2.05) is 0 Å². The molecule has 0 unspecified atom stereocenters. The summed E-state index contributed by atoms with van der Waals surface area (Å²) in [7, 11) is 0. The highest BCUT2D eigenvalue weighted by molar-refractivity contribution is 7.15. The highest BCUT2D eigenvalue weighted by Crippen LogP contribution is 2.35. The van der Waals surface area contributed by atoms with Crippen molar-refractivity contribution in [1.82, 2.24) is 4.98 Å². The van der Waals surface area contributed by atoms with Crippen molar-refractivity contribution in [2.75, 3.05) is 11.9 Å². The Hall–Kier alpha value is -1.51. The number of alkyl halides is 3. The van der Waals surface area contributed by atoms with Gasteiger partial charge in [0.1, 0.15) is 10.6 Å². The first-order valence-corrected chi connectivity index (χ1v) is 7.23. The van der Waals surface area contributed by atoms with Crippen molar-refractivity contribution in [2.45, 2.75) is 6.18 Å². The number of halogens is 5. The molecule has 2 rings (SSSR count). The molecule has 2 aromatic rings. The molecule has 1 aromatic carbocycles. The molecule has 10 heteroatoms. The summed E-state index contributed by atoms with van der Waals surface area (Å²) in [4.78, 5) is 14.2.